The van der Waals surface area contributed by atoms with Crippen molar-refractivity contribution >= 4 is 17.6 Å². The minimum absolute atomic E-state index is 0.0909. The van der Waals surface area contributed by atoms with Gasteiger partial charge in [-0.05, 0) is 42.8 Å². The zero-order chi connectivity index (χ0) is 19.1. The molecule has 0 fully saturated rings. The second-order valence-corrected chi connectivity index (χ2v) is 5.73. The molecule has 6 nitrogen and oxygen atoms in total. The minimum atomic E-state index is -0.543. The molecule has 0 saturated heterocycles. The number of benzene rings is 2. The molecule has 2 aromatic carbocycles. The molecule has 27 heavy (non-hydrogen) atoms. The van der Waals surface area contributed by atoms with Crippen LogP contribution in [0.1, 0.15) is 26.5 Å². The van der Waals surface area contributed by atoms with Crippen LogP contribution in [0.25, 0.3) is 0 Å². The molecule has 0 saturated carbocycles. The monoisotopic (exact) mass is 365 g/mol. The summed E-state index contributed by atoms with van der Waals surface area (Å²) >= 11 is 0. The summed E-state index contributed by atoms with van der Waals surface area (Å²) in [5, 5.41) is 2.65. The number of amides is 1. The second-order valence-electron chi connectivity index (χ2n) is 5.73. The van der Waals surface area contributed by atoms with E-state index in [0.717, 1.165) is 11.3 Å². The summed E-state index contributed by atoms with van der Waals surface area (Å²) in [5.41, 5.74) is 1.62. The Kier molecular flexibility index (Phi) is 5.89. The lowest BCUT2D eigenvalue weighted by Gasteiger charge is -2.11. The SMILES string of the molecule is Cc1ccccc1OCCOC(=O)c1ccccc1NC(=O)c1ccco1. The first-order valence-corrected chi connectivity index (χ1v) is 8.44. The molecule has 0 radical (unpaired) electrons. The highest BCUT2D eigenvalue weighted by atomic mass is 16.6. The van der Waals surface area contributed by atoms with Crippen molar-refractivity contribution in [1.82, 2.24) is 0 Å². The maximum absolute atomic E-state index is 12.4. The van der Waals surface area contributed by atoms with Crippen molar-refractivity contribution in [1.29, 1.82) is 0 Å². The Morgan fingerprint density at radius 3 is 2.52 bits per heavy atom. The summed E-state index contributed by atoms with van der Waals surface area (Å²) in [7, 11) is 0. The lowest BCUT2D eigenvalue weighted by Crippen LogP contribution is -2.17. The molecule has 3 rings (SSSR count). The molecule has 0 aliphatic heterocycles. The molecule has 1 N–H and O–H groups in total. The fraction of sp³-hybridized carbons (Fsp3) is 0.143. The van der Waals surface area contributed by atoms with E-state index < -0.39 is 11.9 Å². The zero-order valence-electron chi connectivity index (χ0n) is 14.8. The van der Waals surface area contributed by atoms with Crippen LogP contribution in [0.2, 0.25) is 0 Å². The molecule has 3 aromatic rings. The smallest absolute Gasteiger partial charge is 0.340 e. The first kappa shape index (κ1) is 18.3. The van der Waals surface area contributed by atoms with Crippen molar-refractivity contribution in [2.45, 2.75) is 6.92 Å². The summed E-state index contributed by atoms with van der Waals surface area (Å²) in [6.07, 6.45) is 1.41. The number of carbonyl (C=O) groups excluding carboxylic acids is 2. The molecule has 1 heterocycles. The Morgan fingerprint density at radius 1 is 0.963 bits per heavy atom. The zero-order valence-corrected chi connectivity index (χ0v) is 14.8. The van der Waals surface area contributed by atoms with Crippen molar-refractivity contribution in [3.8, 4) is 5.75 Å². The maximum Gasteiger partial charge on any atom is 0.340 e. The van der Waals surface area contributed by atoms with Crippen molar-refractivity contribution < 1.29 is 23.5 Å². The average molecular weight is 365 g/mol. The van der Waals surface area contributed by atoms with Gasteiger partial charge >= 0.3 is 5.97 Å². The lowest BCUT2D eigenvalue weighted by molar-refractivity contribution is 0.0451. The van der Waals surface area contributed by atoms with E-state index in [1.165, 1.54) is 6.26 Å². The van der Waals surface area contributed by atoms with E-state index in [4.69, 9.17) is 13.9 Å². The van der Waals surface area contributed by atoms with E-state index >= 15 is 0 Å². The van der Waals surface area contributed by atoms with Gasteiger partial charge in [0.1, 0.15) is 19.0 Å². The van der Waals surface area contributed by atoms with E-state index in [1.54, 1.807) is 36.4 Å². The fourth-order valence-electron chi connectivity index (χ4n) is 2.44. The number of furan rings is 1. The van der Waals surface area contributed by atoms with Crippen LogP contribution in [0.4, 0.5) is 5.69 Å². The number of carbonyl (C=O) groups is 2. The van der Waals surface area contributed by atoms with Gasteiger partial charge in [0.15, 0.2) is 5.76 Å². The van der Waals surface area contributed by atoms with Crippen LogP contribution in [0, 0.1) is 6.92 Å². The molecule has 1 amide bonds. The van der Waals surface area contributed by atoms with Gasteiger partial charge in [-0.2, -0.15) is 0 Å². The highest BCUT2D eigenvalue weighted by Gasteiger charge is 2.16. The standard InChI is InChI=1S/C21H19NO5/c1-15-7-2-5-10-18(15)26-13-14-27-21(24)16-8-3-4-9-17(16)22-20(23)19-11-6-12-25-19/h2-12H,13-14H2,1H3,(H,22,23). The van der Waals surface area contributed by atoms with E-state index in [0.29, 0.717) is 5.69 Å². The Hall–Kier alpha value is -3.54. The van der Waals surface area contributed by atoms with Crippen LogP contribution < -0.4 is 10.1 Å². The number of nitrogens with one attached hydrogen (secondary N) is 1. The third-order valence-electron chi connectivity index (χ3n) is 3.81. The molecule has 6 heteroatoms. The number of hydrogen-bond donors (Lipinski definition) is 1. The molecule has 0 aliphatic carbocycles. The van der Waals surface area contributed by atoms with Gasteiger partial charge in [-0.25, -0.2) is 4.79 Å². The van der Waals surface area contributed by atoms with Crippen LogP contribution in [0.15, 0.2) is 71.3 Å². The van der Waals surface area contributed by atoms with E-state index in [-0.39, 0.29) is 24.5 Å². The van der Waals surface area contributed by atoms with Gasteiger partial charge in [-0.3, -0.25) is 4.79 Å². The molecule has 1 aromatic heterocycles. The molecular formula is C21H19NO5. The topological polar surface area (TPSA) is 77.8 Å². The van der Waals surface area contributed by atoms with E-state index in [2.05, 4.69) is 5.32 Å². The van der Waals surface area contributed by atoms with E-state index in [9.17, 15) is 9.59 Å². The Labute approximate surface area is 156 Å². The summed E-state index contributed by atoms with van der Waals surface area (Å²) in [6, 6.07) is 17.4. The molecule has 0 unspecified atom stereocenters. The Morgan fingerprint density at radius 2 is 1.74 bits per heavy atom. The number of aryl methyl sites for hydroxylation is 1. The summed E-state index contributed by atoms with van der Waals surface area (Å²) in [5.74, 6) is -0.0775. The summed E-state index contributed by atoms with van der Waals surface area (Å²) < 4.78 is 15.9. The highest BCUT2D eigenvalue weighted by Crippen LogP contribution is 2.18. The Bertz CT molecular complexity index is 918. The third kappa shape index (κ3) is 4.76. The molecule has 138 valence electrons. The summed E-state index contributed by atoms with van der Waals surface area (Å²) in [4.78, 5) is 24.5. The summed E-state index contributed by atoms with van der Waals surface area (Å²) in [6.45, 7) is 2.27. The second kappa shape index (κ2) is 8.71. The van der Waals surface area contributed by atoms with Crippen LogP contribution in [-0.4, -0.2) is 25.1 Å². The number of esters is 1. The number of rotatable bonds is 7. The highest BCUT2D eigenvalue weighted by molar-refractivity contribution is 6.06. The number of hydrogen-bond acceptors (Lipinski definition) is 5. The van der Waals surface area contributed by atoms with Gasteiger partial charge in [0, 0.05) is 0 Å². The Balaban J connectivity index is 1.57. The third-order valence-corrected chi connectivity index (χ3v) is 3.81. The molecule has 0 atom stereocenters. The normalized spacial score (nSPS) is 10.3. The van der Waals surface area contributed by atoms with Crippen LogP contribution in [0.3, 0.4) is 0 Å². The van der Waals surface area contributed by atoms with Gasteiger partial charge in [-0.1, -0.05) is 30.3 Å². The number of anilines is 1. The predicted octanol–water partition coefficient (Wildman–Crippen LogP) is 4.08. The van der Waals surface area contributed by atoms with Crippen molar-refractivity contribution in [2.24, 2.45) is 0 Å². The molecule has 0 aliphatic rings. The van der Waals surface area contributed by atoms with Crippen molar-refractivity contribution in [3.05, 3.63) is 83.8 Å². The molecule has 0 bridgehead atoms. The van der Waals surface area contributed by atoms with Crippen molar-refractivity contribution in [3.63, 3.8) is 0 Å². The predicted molar refractivity (Wildman–Crippen MR) is 100 cm³/mol. The largest absolute Gasteiger partial charge is 0.490 e. The quantitative estimate of drug-likeness (QED) is 0.504. The lowest BCUT2D eigenvalue weighted by atomic mass is 10.1. The van der Waals surface area contributed by atoms with Crippen LogP contribution >= 0.6 is 0 Å². The van der Waals surface area contributed by atoms with Crippen LogP contribution in [0.5, 0.6) is 5.75 Å². The van der Waals surface area contributed by atoms with Gasteiger partial charge in [0.2, 0.25) is 0 Å². The number of para-hydroxylation sites is 2. The average Bonchev–Trinajstić information content (AvgIpc) is 3.22. The molecule has 0 spiro atoms. The first-order chi connectivity index (χ1) is 13.1. The maximum atomic E-state index is 12.4. The van der Waals surface area contributed by atoms with Gasteiger partial charge in [0.05, 0.1) is 17.5 Å². The fourth-order valence-corrected chi connectivity index (χ4v) is 2.44. The van der Waals surface area contributed by atoms with Gasteiger partial charge < -0.3 is 19.2 Å². The number of ether oxygens (including phenoxy) is 2. The minimum Gasteiger partial charge on any atom is -0.490 e. The van der Waals surface area contributed by atoms with Crippen molar-refractivity contribution in [2.75, 3.05) is 18.5 Å². The molecular weight excluding hydrogens is 346 g/mol. The van der Waals surface area contributed by atoms with Gasteiger partial charge in [-0.15, -0.1) is 0 Å². The van der Waals surface area contributed by atoms with Crippen LogP contribution in [-0.2, 0) is 4.74 Å². The van der Waals surface area contributed by atoms with E-state index in [1.807, 2.05) is 31.2 Å². The first-order valence-electron chi connectivity index (χ1n) is 8.44. The van der Waals surface area contributed by atoms with Gasteiger partial charge in [0.25, 0.3) is 5.91 Å².